The predicted molar refractivity (Wildman–Crippen MR) is 133 cm³/mol. The highest BCUT2D eigenvalue weighted by molar-refractivity contribution is 5.75. The Labute approximate surface area is 200 Å². The fraction of sp³-hybridized carbons (Fsp3) is 0.731. The Morgan fingerprint density at radius 2 is 1.88 bits per heavy atom. The summed E-state index contributed by atoms with van der Waals surface area (Å²) in [6.45, 7) is 7.85. The topological polar surface area (TPSA) is 103 Å². The summed E-state index contributed by atoms with van der Waals surface area (Å²) in [5.74, 6) is 2.08. The SMILES string of the molecule is CCCCCC(=O)NCC(O)C(N)CC(Cc1ccc(OC)c(OCCCOC)c1)C(C)C. The summed E-state index contributed by atoms with van der Waals surface area (Å²) in [7, 11) is 3.31. The lowest BCUT2D eigenvalue weighted by Crippen LogP contribution is -2.44. The third-order valence-corrected chi connectivity index (χ3v) is 6.00. The Hall–Kier alpha value is -1.83. The van der Waals surface area contributed by atoms with Crippen LogP contribution in [-0.2, 0) is 16.0 Å². The molecule has 7 nitrogen and oxygen atoms in total. The molecule has 0 fully saturated rings. The van der Waals surface area contributed by atoms with Gasteiger partial charge in [-0.25, -0.2) is 0 Å². The van der Waals surface area contributed by atoms with Gasteiger partial charge in [-0.2, -0.15) is 0 Å². The van der Waals surface area contributed by atoms with Crippen molar-refractivity contribution in [2.24, 2.45) is 17.6 Å². The van der Waals surface area contributed by atoms with Crippen molar-refractivity contribution >= 4 is 5.91 Å². The lowest BCUT2D eigenvalue weighted by molar-refractivity contribution is -0.121. The van der Waals surface area contributed by atoms with Crippen LogP contribution in [0.15, 0.2) is 18.2 Å². The molecule has 0 spiro atoms. The number of carbonyl (C=O) groups is 1. The number of ether oxygens (including phenoxy) is 3. The summed E-state index contributed by atoms with van der Waals surface area (Å²) in [6, 6.07) is 5.60. The molecule has 0 aliphatic heterocycles. The number of methoxy groups -OCH3 is 2. The van der Waals surface area contributed by atoms with Crippen LogP contribution in [-0.4, -0.2) is 57.1 Å². The van der Waals surface area contributed by atoms with Crippen LogP contribution in [0.2, 0.25) is 0 Å². The molecule has 3 unspecified atom stereocenters. The number of amides is 1. The van der Waals surface area contributed by atoms with Gasteiger partial charge in [0, 0.05) is 39.1 Å². The maximum atomic E-state index is 11.9. The van der Waals surface area contributed by atoms with Crippen molar-refractivity contribution in [3.05, 3.63) is 23.8 Å². The fourth-order valence-corrected chi connectivity index (χ4v) is 3.74. The summed E-state index contributed by atoms with van der Waals surface area (Å²) in [4.78, 5) is 11.9. The minimum absolute atomic E-state index is 0.0219. The van der Waals surface area contributed by atoms with Gasteiger partial charge in [0.1, 0.15) is 0 Å². The molecule has 0 aliphatic carbocycles. The van der Waals surface area contributed by atoms with Gasteiger partial charge in [0.05, 0.1) is 19.8 Å². The number of aliphatic hydroxyl groups excluding tert-OH is 1. The quantitative estimate of drug-likeness (QED) is 0.285. The second-order valence-corrected chi connectivity index (χ2v) is 9.12. The van der Waals surface area contributed by atoms with E-state index in [4.69, 9.17) is 19.9 Å². The highest BCUT2D eigenvalue weighted by atomic mass is 16.5. The lowest BCUT2D eigenvalue weighted by Gasteiger charge is -2.27. The highest BCUT2D eigenvalue weighted by Gasteiger charge is 2.23. The predicted octanol–water partition coefficient (Wildman–Crippen LogP) is 3.70. The maximum absolute atomic E-state index is 11.9. The van der Waals surface area contributed by atoms with Crippen molar-refractivity contribution in [3.8, 4) is 11.5 Å². The summed E-state index contributed by atoms with van der Waals surface area (Å²) in [5, 5.41) is 13.3. The number of hydrogen-bond donors (Lipinski definition) is 3. The Morgan fingerprint density at radius 1 is 1.12 bits per heavy atom. The molecule has 7 heteroatoms. The summed E-state index contributed by atoms with van der Waals surface area (Å²) < 4.78 is 16.4. The molecule has 0 heterocycles. The Morgan fingerprint density at radius 3 is 2.52 bits per heavy atom. The first-order valence-corrected chi connectivity index (χ1v) is 12.3. The zero-order chi connectivity index (χ0) is 24.6. The van der Waals surface area contributed by atoms with Crippen molar-refractivity contribution in [2.75, 3.05) is 34.0 Å². The number of carbonyl (C=O) groups excluding carboxylic acids is 1. The van der Waals surface area contributed by atoms with E-state index in [1.54, 1.807) is 14.2 Å². The smallest absolute Gasteiger partial charge is 0.220 e. The molecular formula is C26H46N2O5. The first-order valence-electron chi connectivity index (χ1n) is 12.3. The molecule has 1 aromatic rings. The van der Waals surface area contributed by atoms with Crippen LogP contribution in [0, 0.1) is 11.8 Å². The minimum Gasteiger partial charge on any atom is -0.493 e. The monoisotopic (exact) mass is 466 g/mol. The van der Waals surface area contributed by atoms with Crippen molar-refractivity contribution in [3.63, 3.8) is 0 Å². The Kier molecular flexibility index (Phi) is 14.8. The van der Waals surface area contributed by atoms with Crippen LogP contribution < -0.4 is 20.5 Å². The first kappa shape index (κ1) is 29.2. The van der Waals surface area contributed by atoms with Crippen molar-refractivity contribution in [1.29, 1.82) is 0 Å². The van der Waals surface area contributed by atoms with E-state index >= 15 is 0 Å². The van der Waals surface area contributed by atoms with Crippen LogP contribution in [0.3, 0.4) is 0 Å². The van der Waals surface area contributed by atoms with E-state index < -0.39 is 12.1 Å². The minimum atomic E-state index is -0.767. The van der Waals surface area contributed by atoms with Crippen LogP contribution in [0.25, 0.3) is 0 Å². The van der Waals surface area contributed by atoms with E-state index in [0.717, 1.165) is 43.4 Å². The molecule has 0 saturated heterocycles. The molecule has 0 saturated carbocycles. The highest BCUT2D eigenvalue weighted by Crippen LogP contribution is 2.31. The molecule has 1 amide bonds. The molecule has 1 rings (SSSR count). The third-order valence-electron chi connectivity index (χ3n) is 6.00. The zero-order valence-corrected chi connectivity index (χ0v) is 21.3. The number of nitrogens with two attached hydrogens (primary N) is 1. The zero-order valence-electron chi connectivity index (χ0n) is 21.3. The normalized spacial score (nSPS) is 14.1. The summed E-state index contributed by atoms with van der Waals surface area (Å²) in [6.07, 6.45) is 5.01. The van der Waals surface area contributed by atoms with Gasteiger partial charge < -0.3 is 30.4 Å². The molecule has 4 N–H and O–H groups in total. The van der Waals surface area contributed by atoms with Gasteiger partial charge in [-0.1, -0.05) is 39.7 Å². The Bertz CT molecular complexity index is 668. The first-order chi connectivity index (χ1) is 15.8. The number of unbranched alkanes of at least 4 members (excludes halogenated alkanes) is 2. The van der Waals surface area contributed by atoms with Crippen molar-refractivity contribution in [2.45, 2.75) is 77.9 Å². The molecular weight excluding hydrogens is 420 g/mol. The van der Waals surface area contributed by atoms with E-state index in [9.17, 15) is 9.90 Å². The summed E-state index contributed by atoms with van der Waals surface area (Å²) >= 11 is 0. The fourth-order valence-electron chi connectivity index (χ4n) is 3.74. The van der Waals surface area contributed by atoms with Gasteiger partial charge in [-0.15, -0.1) is 0 Å². The van der Waals surface area contributed by atoms with Crippen molar-refractivity contribution < 1.29 is 24.1 Å². The average molecular weight is 467 g/mol. The second kappa shape index (κ2) is 16.7. The van der Waals surface area contributed by atoms with Gasteiger partial charge >= 0.3 is 0 Å². The molecule has 190 valence electrons. The third kappa shape index (κ3) is 11.7. The second-order valence-electron chi connectivity index (χ2n) is 9.12. The molecule has 3 atom stereocenters. The number of aliphatic hydroxyl groups is 1. The van der Waals surface area contributed by atoms with E-state index in [-0.39, 0.29) is 18.4 Å². The van der Waals surface area contributed by atoms with Gasteiger partial charge in [-0.3, -0.25) is 4.79 Å². The average Bonchev–Trinajstić information content (AvgIpc) is 2.80. The number of benzene rings is 1. The van der Waals surface area contributed by atoms with E-state index in [1.807, 2.05) is 12.1 Å². The molecule has 0 aromatic heterocycles. The van der Waals surface area contributed by atoms with Gasteiger partial charge in [0.25, 0.3) is 0 Å². The molecule has 0 radical (unpaired) electrons. The largest absolute Gasteiger partial charge is 0.493 e. The maximum Gasteiger partial charge on any atom is 0.220 e. The number of hydrogen-bond acceptors (Lipinski definition) is 6. The number of nitrogens with one attached hydrogen (secondary N) is 1. The molecule has 33 heavy (non-hydrogen) atoms. The standard InChI is InChI=1S/C26H46N2O5/c1-6-7-8-10-26(30)28-18-23(29)22(27)17-21(19(2)3)15-20-11-12-24(32-5)25(16-20)33-14-9-13-31-4/h11-12,16,19,21-23,29H,6-10,13-15,17-18,27H2,1-5H3,(H,28,30). The van der Waals surface area contributed by atoms with Crippen LogP contribution in [0.5, 0.6) is 11.5 Å². The van der Waals surface area contributed by atoms with Crippen LogP contribution in [0.1, 0.15) is 64.9 Å². The molecule has 0 bridgehead atoms. The van der Waals surface area contributed by atoms with E-state index in [1.165, 1.54) is 0 Å². The van der Waals surface area contributed by atoms with E-state index in [2.05, 4.69) is 32.2 Å². The number of rotatable bonds is 18. The molecule has 1 aromatic carbocycles. The molecule has 0 aliphatic rings. The van der Waals surface area contributed by atoms with Gasteiger partial charge in [0.15, 0.2) is 11.5 Å². The van der Waals surface area contributed by atoms with Crippen LogP contribution >= 0.6 is 0 Å². The van der Waals surface area contributed by atoms with Gasteiger partial charge in [-0.05, 0) is 48.8 Å². The van der Waals surface area contributed by atoms with Gasteiger partial charge in [0.2, 0.25) is 5.91 Å². The Balaban J connectivity index is 2.66. The van der Waals surface area contributed by atoms with E-state index in [0.29, 0.717) is 37.7 Å². The van der Waals surface area contributed by atoms with Crippen molar-refractivity contribution in [1.82, 2.24) is 5.32 Å². The lowest BCUT2D eigenvalue weighted by atomic mass is 9.83. The van der Waals surface area contributed by atoms with Crippen LogP contribution in [0.4, 0.5) is 0 Å². The summed E-state index contributed by atoms with van der Waals surface area (Å²) in [5.41, 5.74) is 7.47.